The number of nitrogens with one attached hydrogen (secondary N) is 1. The Morgan fingerprint density at radius 2 is 1.87 bits per heavy atom. The standard InChI is InChI=1S/C26H29N3O/c1-6-19-8-11-22(12-9-19)28-25(30)21(17-27)14-20-10-13-24-23(15-20)18(3)16-26(4,5)29(24)7-2/h8-16H,6-7H2,1-5H3,(H,28,30)/b21-14-. The third-order valence-electron chi connectivity index (χ3n) is 5.61. The summed E-state index contributed by atoms with van der Waals surface area (Å²) in [6.07, 6.45) is 4.86. The third kappa shape index (κ3) is 4.31. The number of nitrogens with zero attached hydrogens (tertiary/aromatic N) is 2. The molecule has 4 heteroatoms. The van der Waals surface area contributed by atoms with Gasteiger partial charge >= 0.3 is 0 Å². The van der Waals surface area contributed by atoms with Gasteiger partial charge in [-0.25, -0.2) is 0 Å². The van der Waals surface area contributed by atoms with Crippen LogP contribution >= 0.6 is 0 Å². The number of hydrogen-bond donors (Lipinski definition) is 1. The maximum Gasteiger partial charge on any atom is 0.266 e. The Bertz CT molecular complexity index is 1050. The fraction of sp³-hybridized carbons (Fsp3) is 0.308. The number of anilines is 2. The fourth-order valence-corrected chi connectivity index (χ4v) is 4.11. The summed E-state index contributed by atoms with van der Waals surface area (Å²) < 4.78 is 0. The summed E-state index contributed by atoms with van der Waals surface area (Å²) in [7, 11) is 0. The van der Waals surface area contributed by atoms with Gasteiger partial charge in [-0.15, -0.1) is 0 Å². The molecule has 2 aromatic carbocycles. The number of aryl methyl sites for hydroxylation is 1. The van der Waals surface area contributed by atoms with Crippen molar-refractivity contribution >= 4 is 28.9 Å². The summed E-state index contributed by atoms with van der Waals surface area (Å²) in [5, 5.41) is 12.4. The molecule has 154 valence electrons. The van der Waals surface area contributed by atoms with Gasteiger partial charge in [-0.1, -0.05) is 31.2 Å². The lowest BCUT2D eigenvalue weighted by Gasteiger charge is -2.42. The molecule has 2 aromatic rings. The second-order valence-corrected chi connectivity index (χ2v) is 8.18. The van der Waals surface area contributed by atoms with Gasteiger partial charge in [0, 0.05) is 23.5 Å². The van der Waals surface area contributed by atoms with Gasteiger partial charge in [-0.2, -0.15) is 5.26 Å². The van der Waals surface area contributed by atoms with Gasteiger partial charge in [0.05, 0.1) is 5.54 Å². The molecule has 1 aliphatic heterocycles. The van der Waals surface area contributed by atoms with Crippen LogP contribution in [0.25, 0.3) is 11.6 Å². The van der Waals surface area contributed by atoms with Crippen LogP contribution in [0.2, 0.25) is 0 Å². The van der Waals surface area contributed by atoms with Crippen LogP contribution in [0.3, 0.4) is 0 Å². The van der Waals surface area contributed by atoms with Gasteiger partial charge in [0.2, 0.25) is 0 Å². The van der Waals surface area contributed by atoms with E-state index in [9.17, 15) is 10.1 Å². The summed E-state index contributed by atoms with van der Waals surface area (Å²) in [6.45, 7) is 11.7. The summed E-state index contributed by atoms with van der Waals surface area (Å²) in [4.78, 5) is 15.0. The van der Waals surface area contributed by atoms with Crippen molar-refractivity contribution in [1.29, 1.82) is 5.26 Å². The third-order valence-corrected chi connectivity index (χ3v) is 5.61. The molecule has 0 spiro atoms. The number of carbonyl (C=O) groups is 1. The molecule has 0 fully saturated rings. The Labute approximate surface area is 179 Å². The molecule has 0 atom stereocenters. The number of nitriles is 1. The normalized spacial score (nSPS) is 15.1. The molecule has 0 saturated carbocycles. The lowest BCUT2D eigenvalue weighted by molar-refractivity contribution is -0.112. The molecular weight excluding hydrogens is 370 g/mol. The zero-order chi connectivity index (χ0) is 21.9. The SMILES string of the molecule is CCc1ccc(NC(=O)/C(C#N)=C\c2ccc3c(c2)C(C)=CC(C)(C)N3CC)cc1. The molecule has 1 N–H and O–H groups in total. The highest BCUT2D eigenvalue weighted by molar-refractivity contribution is 6.09. The van der Waals surface area contributed by atoms with Crippen molar-refractivity contribution in [2.24, 2.45) is 0 Å². The summed E-state index contributed by atoms with van der Waals surface area (Å²) in [5.74, 6) is -0.400. The highest BCUT2D eigenvalue weighted by Crippen LogP contribution is 2.39. The van der Waals surface area contributed by atoms with E-state index in [1.807, 2.05) is 36.4 Å². The van der Waals surface area contributed by atoms with Crippen LogP contribution < -0.4 is 10.2 Å². The first-order valence-corrected chi connectivity index (χ1v) is 10.4. The van der Waals surface area contributed by atoms with Crippen LogP contribution in [0, 0.1) is 11.3 Å². The van der Waals surface area contributed by atoms with Crippen molar-refractivity contribution in [2.45, 2.75) is 46.6 Å². The van der Waals surface area contributed by atoms with E-state index in [-0.39, 0.29) is 11.1 Å². The Hall–Kier alpha value is -3.32. The second kappa shape index (κ2) is 8.59. The molecule has 3 rings (SSSR count). The van der Waals surface area contributed by atoms with Crippen LogP contribution in [0.5, 0.6) is 0 Å². The maximum atomic E-state index is 12.6. The van der Waals surface area contributed by atoms with E-state index in [0.29, 0.717) is 5.69 Å². The van der Waals surface area contributed by atoms with Crippen molar-refractivity contribution in [1.82, 2.24) is 0 Å². The van der Waals surface area contributed by atoms with Gasteiger partial charge in [0.25, 0.3) is 5.91 Å². The van der Waals surface area contributed by atoms with E-state index in [1.165, 1.54) is 16.8 Å². The lowest BCUT2D eigenvalue weighted by atomic mass is 9.88. The van der Waals surface area contributed by atoms with Gasteiger partial charge in [0.1, 0.15) is 11.6 Å². The first-order valence-electron chi connectivity index (χ1n) is 10.4. The zero-order valence-electron chi connectivity index (χ0n) is 18.4. The first kappa shape index (κ1) is 21.4. The molecule has 0 radical (unpaired) electrons. The molecule has 0 aliphatic carbocycles. The van der Waals surface area contributed by atoms with Crippen molar-refractivity contribution in [3.8, 4) is 6.07 Å². The highest BCUT2D eigenvalue weighted by Gasteiger charge is 2.30. The molecule has 1 amide bonds. The molecule has 1 aliphatic rings. The first-order chi connectivity index (χ1) is 14.3. The van der Waals surface area contributed by atoms with E-state index in [2.05, 4.69) is 63.0 Å². The minimum Gasteiger partial charge on any atom is -0.363 e. The van der Waals surface area contributed by atoms with E-state index >= 15 is 0 Å². The number of hydrogen-bond acceptors (Lipinski definition) is 3. The highest BCUT2D eigenvalue weighted by atomic mass is 16.1. The molecule has 0 bridgehead atoms. The molecule has 0 aromatic heterocycles. The van der Waals surface area contributed by atoms with E-state index in [1.54, 1.807) is 6.08 Å². The van der Waals surface area contributed by atoms with Crippen molar-refractivity contribution < 1.29 is 4.79 Å². The van der Waals surface area contributed by atoms with Gasteiger partial charge in [-0.05, 0) is 81.2 Å². The van der Waals surface area contributed by atoms with Crippen LogP contribution in [-0.2, 0) is 11.2 Å². The number of carbonyl (C=O) groups excluding carboxylic acids is 1. The van der Waals surface area contributed by atoms with Crippen molar-refractivity contribution in [3.63, 3.8) is 0 Å². The van der Waals surface area contributed by atoms with Gasteiger partial charge in [0.15, 0.2) is 0 Å². The van der Waals surface area contributed by atoms with Crippen LogP contribution in [0.4, 0.5) is 11.4 Å². The number of rotatable bonds is 5. The molecule has 0 unspecified atom stereocenters. The average molecular weight is 400 g/mol. The Morgan fingerprint density at radius 1 is 1.17 bits per heavy atom. The summed E-state index contributed by atoms with van der Waals surface area (Å²) in [6, 6.07) is 15.8. The van der Waals surface area contributed by atoms with E-state index in [4.69, 9.17) is 0 Å². The molecule has 4 nitrogen and oxygen atoms in total. The average Bonchev–Trinajstić information content (AvgIpc) is 2.72. The van der Waals surface area contributed by atoms with Gasteiger partial charge in [-0.3, -0.25) is 4.79 Å². The summed E-state index contributed by atoms with van der Waals surface area (Å²) >= 11 is 0. The minimum atomic E-state index is -0.400. The van der Waals surface area contributed by atoms with E-state index < -0.39 is 5.91 Å². The Balaban J connectivity index is 1.88. The van der Waals surface area contributed by atoms with Crippen LogP contribution in [0.15, 0.2) is 54.1 Å². The summed E-state index contributed by atoms with van der Waals surface area (Å²) in [5.41, 5.74) is 6.28. The number of allylic oxidation sites excluding steroid dienone is 1. The smallest absolute Gasteiger partial charge is 0.266 e. The fourth-order valence-electron chi connectivity index (χ4n) is 4.11. The Kier molecular flexibility index (Phi) is 6.12. The second-order valence-electron chi connectivity index (χ2n) is 8.18. The molecule has 30 heavy (non-hydrogen) atoms. The van der Waals surface area contributed by atoms with Gasteiger partial charge < -0.3 is 10.2 Å². The minimum absolute atomic E-state index is 0.0474. The zero-order valence-corrected chi connectivity index (χ0v) is 18.4. The molecule has 1 heterocycles. The predicted molar refractivity (Wildman–Crippen MR) is 125 cm³/mol. The number of benzene rings is 2. The number of likely N-dealkylation sites (N-methyl/N-ethyl adjacent to an activating group) is 1. The largest absolute Gasteiger partial charge is 0.363 e. The molecule has 0 saturated heterocycles. The monoisotopic (exact) mass is 399 g/mol. The molecular formula is C26H29N3O. The van der Waals surface area contributed by atoms with Crippen molar-refractivity contribution in [3.05, 3.63) is 70.8 Å². The quantitative estimate of drug-likeness (QED) is 0.509. The number of fused-ring (bicyclic) bond motifs is 1. The number of amides is 1. The van der Waals surface area contributed by atoms with Crippen LogP contribution in [0.1, 0.15) is 51.3 Å². The van der Waals surface area contributed by atoms with Crippen LogP contribution in [-0.4, -0.2) is 18.0 Å². The lowest BCUT2D eigenvalue weighted by Crippen LogP contribution is -2.44. The Morgan fingerprint density at radius 3 is 2.47 bits per heavy atom. The predicted octanol–water partition coefficient (Wildman–Crippen LogP) is 5.82. The van der Waals surface area contributed by atoms with E-state index in [0.717, 1.165) is 24.1 Å². The van der Waals surface area contributed by atoms with Crippen molar-refractivity contribution in [2.75, 3.05) is 16.8 Å². The maximum absolute atomic E-state index is 12.6. The topological polar surface area (TPSA) is 56.1 Å².